The number of aliphatic imine (C=N–C) groups is 1. The number of nitrogens with zero attached hydrogens (tertiary/aromatic N) is 2. The second-order valence-corrected chi connectivity index (χ2v) is 6.60. The van der Waals surface area contributed by atoms with E-state index in [9.17, 15) is 13.2 Å². The summed E-state index contributed by atoms with van der Waals surface area (Å²) < 4.78 is 37.3. The van der Waals surface area contributed by atoms with Crippen LogP contribution in [0.3, 0.4) is 0 Å². The zero-order chi connectivity index (χ0) is 16.8. The third-order valence-electron chi connectivity index (χ3n) is 2.55. The minimum Gasteiger partial charge on any atom is -0.355 e. The van der Waals surface area contributed by atoms with Gasteiger partial charge in [-0.1, -0.05) is 0 Å². The highest BCUT2D eigenvalue weighted by Gasteiger charge is 2.33. The Bertz CT molecular complexity index is 491. The Morgan fingerprint density at radius 3 is 2.41 bits per heavy atom. The molecule has 1 rings (SSSR count). The summed E-state index contributed by atoms with van der Waals surface area (Å²) in [6, 6.07) is 0. The van der Waals surface area contributed by atoms with Gasteiger partial charge >= 0.3 is 6.18 Å². The van der Waals surface area contributed by atoms with Gasteiger partial charge in [-0.2, -0.15) is 13.2 Å². The Balaban J connectivity index is 2.37. The van der Waals surface area contributed by atoms with Gasteiger partial charge in [0.1, 0.15) is 5.01 Å². The van der Waals surface area contributed by atoms with Crippen molar-refractivity contribution in [2.24, 2.45) is 4.99 Å². The van der Waals surface area contributed by atoms with Gasteiger partial charge in [-0.3, -0.25) is 4.99 Å². The molecule has 0 aromatic carbocycles. The van der Waals surface area contributed by atoms with Gasteiger partial charge in [0, 0.05) is 31.1 Å². The van der Waals surface area contributed by atoms with E-state index in [0.717, 1.165) is 23.3 Å². The van der Waals surface area contributed by atoms with Crippen LogP contribution in [0.2, 0.25) is 0 Å². The Labute approximate surface area is 132 Å². The quantitative estimate of drug-likeness (QED) is 0.438. The molecule has 22 heavy (non-hydrogen) atoms. The van der Waals surface area contributed by atoms with Crippen molar-refractivity contribution in [1.29, 1.82) is 0 Å². The number of alkyl halides is 3. The molecule has 0 amide bonds. The maximum atomic E-state index is 12.4. The van der Waals surface area contributed by atoms with Gasteiger partial charge in [-0.25, -0.2) is 4.98 Å². The van der Waals surface area contributed by atoms with Crippen molar-refractivity contribution in [1.82, 2.24) is 20.9 Å². The van der Waals surface area contributed by atoms with Crippen molar-refractivity contribution in [2.45, 2.75) is 39.0 Å². The number of nitrogens with one attached hydrogen (secondary N) is 3. The van der Waals surface area contributed by atoms with E-state index in [4.69, 9.17) is 0 Å². The zero-order valence-electron chi connectivity index (χ0n) is 13.1. The molecule has 0 aliphatic carbocycles. The molecule has 0 fully saturated rings. The van der Waals surface area contributed by atoms with Gasteiger partial charge in [-0.15, -0.1) is 11.3 Å². The molecule has 3 N–H and O–H groups in total. The number of hydrogen-bond acceptors (Lipinski definition) is 4. The van der Waals surface area contributed by atoms with E-state index >= 15 is 0 Å². The number of aromatic nitrogens is 1. The first-order valence-electron chi connectivity index (χ1n) is 6.83. The first kappa shape index (κ1) is 18.7. The molecule has 9 heteroatoms. The first-order valence-corrected chi connectivity index (χ1v) is 7.71. The molecule has 0 bridgehead atoms. The highest BCUT2D eigenvalue weighted by molar-refractivity contribution is 7.09. The zero-order valence-corrected chi connectivity index (χ0v) is 14.0. The molecule has 0 aliphatic heterocycles. The Kier molecular flexibility index (Phi) is 6.61. The van der Waals surface area contributed by atoms with Gasteiger partial charge < -0.3 is 16.0 Å². The fourth-order valence-corrected chi connectivity index (χ4v) is 2.26. The summed E-state index contributed by atoms with van der Waals surface area (Å²) in [5.41, 5.74) is -0.820. The monoisotopic (exact) mass is 337 g/mol. The second-order valence-electron chi connectivity index (χ2n) is 5.65. The average molecular weight is 337 g/mol. The lowest BCUT2D eigenvalue weighted by molar-refractivity contribution is -0.140. The van der Waals surface area contributed by atoms with E-state index in [0.29, 0.717) is 17.5 Å². The summed E-state index contributed by atoms with van der Waals surface area (Å²) in [5, 5.41) is 10.7. The highest BCUT2D eigenvalue weighted by Crippen LogP contribution is 2.29. The number of hydrogen-bond donors (Lipinski definition) is 3. The molecule has 0 radical (unpaired) electrons. The molecule has 1 aromatic heterocycles. The summed E-state index contributed by atoms with van der Waals surface area (Å²) in [6.45, 7) is 7.82. The Hall–Kier alpha value is -1.35. The summed E-state index contributed by atoms with van der Waals surface area (Å²) in [4.78, 5) is 7.57. The van der Waals surface area contributed by atoms with Crippen LogP contribution in [0.25, 0.3) is 0 Å². The van der Waals surface area contributed by atoms with E-state index < -0.39 is 11.9 Å². The van der Waals surface area contributed by atoms with Crippen molar-refractivity contribution in [3.05, 3.63) is 16.1 Å². The third kappa shape index (κ3) is 7.08. The fourth-order valence-electron chi connectivity index (χ4n) is 1.52. The third-order valence-corrected chi connectivity index (χ3v) is 3.39. The molecule has 126 valence electrons. The molecule has 0 saturated heterocycles. The van der Waals surface area contributed by atoms with Crippen molar-refractivity contribution >= 4 is 17.3 Å². The summed E-state index contributed by atoms with van der Waals surface area (Å²) in [5.74, 6) is 0.527. The predicted molar refractivity (Wildman–Crippen MR) is 83.1 cm³/mol. The fraction of sp³-hybridized carbons (Fsp3) is 0.692. The molecular formula is C13H22F3N5S. The summed E-state index contributed by atoms with van der Waals surface area (Å²) in [6.07, 6.45) is -4.40. The van der Waals surface area contributed by atoms with Crippen LogP contribution in [0, 0.1) is 0 Å². The number of guanidine groups is 1. The SMILES string of the molecule is CN=C(NCCNC(C)(C)C)NCc1nc(C(F)(F)F)cs1. The van der Waals surface area contributed by atoms with Crippen molar-refractivity contribution in [3.8, 4) is 0 Å². The highest BCUT2D eigenvalue weighted by atomic mass is 32.1. The van der Waals surface area contributed by atoms with Crippen molar-refractivity contribution in [3.63, 3.8) is 0 Å². The molecule has 0 atom stereocenters. The molecule has 0 saturated carbocycles. The van der Waals surface area contributed by atoms with Crippen LogP contribution in [0.1, 0.15) is 31.5 Å². The second kappa shape index (κ2) is 7.77. The molecule has 0 spiro atoms. The van der Waals surface area contributed by atoms with Crippen LogP contribution in [0.5, 0.6) is 0 Å². The van der Waals surface area contributed by atoms with Gasteiger partial charge in [0.2, 0.25) is 0 Å². The van der Waals surface area contributed by atoms with E-state index in [2.05, 4.69) is 46.7 Å². The Morgan fingerprint density at radius 2 is 1.91 bits per heavy atom. The van der Waals surface area contributed by atoms with Crippen LogP contribution in [-0.4, -0.2) is 36.6 Å². The molecule has 1 heterocycles. The lowest BCUT2D eigenvalue weighted by atomic mass is 10.1. The first-order chi connectivity index (χ1) is 10.1. The molecular weight excluding hydrogens is 315 g/mol. The topological polar surface area (TPSA) is 61.3 Å². The number of halogens is 3. The normalized spacial score (nSPS) is 13.3. The lowest BCUT2D eigenvalue weighted by Gasteiger charge is -2.21. The van der Waals surface area contributed by atoms with E-state index in [1.165, 1.54) is 0 Å². The largest absolute Gasteiger partial charge is 0.434 e. The van der Waals surface area contributed by atoms with Gasteiger partial charge in [0.05, 0.1) is 6.54 Å². The summed E-state index contributed by atoms with van der Waals surface area (Å²) in [7, 11) is 1.61. The minimum atomic E-state index is -4.40. The molecule has 0 unspecified atom stereocenters. The molecule has 5 nitrogen and oxygen atoms in total. The smallest absolute Gasteiger partial charge is 0.355 e. The van der Waals surface area contributed by atoms with Crippen molar-refractivity contribution < 1.29 is 13.2 Å². The molecule has 1 aromatic rings. The van der Waals surface area contributed by atoms with Crippen LogP contribution in [0.15, 0.2) is 10.4 Å². The van der Waals surface area contributed by atoms with E-state index in [1.54, 1.807) is 7.05 Å². The average Bonchev–Trinajstić information content (AvgIpc) is 2.85. The maximum absolute atomic E-state index is 12.4. The van der Waals surface area contributed by atoms with E-state index in [-0.39, 0.29) is 12.1 Å². The number of rotatable bonds is 5. The number of thiazole rings is 1. The van der Waals surface area contributed by atoms with Gasteiger partial charge in [0.15, 0.2) is 11.7 Å². The maximum Gasteiger partial charge on any atom is 0.434 e. The lowest BCUT2D eigenvalue weighted by Crippen LogP contribution is -2.44. The minimum absolute atomic E-state index is 0.0352. The van der Waals surface area contributed by atoms with Crippen LogP contribution in [-0.2, 0) is 12.7 Å². The molecule has 0 aliphatic rings. The van der Waals surface area contributed by atoms with Crippen LogP contribution >= 0.6 is 11.3 Å². The van der Waals surface area contributed by atoms with Gasteiger partial charge in [-0.05, 0) is 20.8 Å². The van der Waals surface area contributed by atoms with E-state index in [1.807, 2.05) is 0 Å². The summed E-state index contributed by atoms with van der Waals surface area (Å²) >= 11 is 0.972. The Morgan fingerprint density at radius 1 is 1.23 bits per heavy atom. The predicted octanol–water partition coefficient (Wildman–Crippen LogP) is 2.21. The standard InChI is InChI=1S/C13H22F3N5S/c1-12(2,3)20-6-5-18-11(17-4)19-7-10-21-9(8-22-10)13(14,15)16/h8,20H,5-7H2,1-4H3,(H2,17,18,19). The van der Waals surface area contributed by atoms with Crippen LogP contribution in [0.4, 0.5) is 13.2 Å². The van der Waals surface area contributed by atoms with Gasteiger partial charge in [0.25, 0.3) is 0 Å². The van der Waals surface area contributed by atoms with Crippen LogP contribution < -0.4 is 16.0 Å². The van der Waals surface area contributed by atoms with Crippen molar-refractivity contribution in [2.75, 3.05) is 20.1 Å².